The van der Waals surface area contributed by atoms with Gasteiger partial charge in [-0.2, -0.15) is 13.2 Å². The predicted octanol–water partition coefficient (Wildman–Crippen LogP) is 3.39. The third-order valence-corrected chi connectivity index (χ3v) is 4.48. The largest absolute Gasteiger partial charge is 0.489 e. The van der Waals surface area contributed by atoms with Crippen LogP contribution in [0.3, 0.4) is 0 Å². The molecule has 3 aromatic rings. The minimum absolute atomic E-state index is 0.0547. The van der Waals surface area contributed by atoms with Gasteiger partial charge in [0.25, 0.3) is 5.56 Å². The number of nitrogens with zero attached hydrogens (tertiary/aromatic N) is 2. The van der Waals surface area contributed by atoms with Crippen molar-refractivity contribution in [1.82, 2.24) is 9.55 Å². The molecule has 0 saturated heterocycles. The van der Waals surface area contributed by atoms with Crippen molar-refractivity contribution < 1.29 is 27.4 Å². The van der Waals surface area contributed by atoms with Crippen LogP contribution < -0.4 is 15.6 Å². The van der Waals surface area contributed by atoms with Crippen LogP contribution in [-0.2, 0) is 22.3 Å². The maximum atomic E-state index is 13.1. The van der Waals surface area contributed by atoms with Crippen LogP contribution in [0.4, 0.5) is 18.9 Å². The first-order chi connectivity index (χ1) is 14.7. The van der Waals surface area contributed by atoms with Crippen molar-refractivity contribution in [3.05, 3.63) is 64.2 Å². The van der Waals surface area contributed by atoms with E-state index in [1.807, 2.05) is 0 Å². The minimum atomic E-state index is -4.60. The average molecular weight is 435 g/mol. The van der Waals surface area contributed by atoms with Crippen LogP contribution in [-0.4, -0.2) is 35.8 Å². The van der Waals surface area contributed by atoms with Crippen molar-refractivity contribution in [2.45, 2.75) is 19.6 Å². The summed E-state index contributed by atoms with van der Waals surface area (Å²) in [4.78, 5) is 29.6. The van der Waals surface area contributed by atoms with Crippen LogP contribution in [0.25, 0.3) is 10.9 Å². The highest BCUT2D eigenvalue weighted by molar-refractivity contribution is 5.92. The molecule has 0 bridgehead atoms. The summed E-state index contributed by atoms with van der Waals surface area (Å²) in [5.74, 6) is -0.336. The molecule has 7 nitrogen and oxygen atoms in total. The smallest absolute Gasteiger partial charge is 0.416 e. The maximum Gasteiger partial charge on any atom is 0.416 e. The summed E-state index contributed by atoms with van der Waals surface area (Å²) in [5, 5.41) is 2.75. The number of aryl methyl sites for hydroxylation is 1. The molecule has 10 heteroatoms. The van der Waals surface area contributed by atoms with Gasteiger partial charge in [-0.3, -0.25) is 14.2 Å². The average Bonchev–Trinajstić information content (AvgIpc) is 2.71. The summed E-state index contributed by atoms with van der Waals surface area (Å²) >= 11 is 0. The Labute approximate surface area is 175 Å². The Morgan fingerprint density at radius 2 is 1.90 bits per heavy atom. The van der Waals surface area contributed by atoms with Crippen molar-refractivity contribution in [2.24, 2.45) is 0 Å². The van der Waals surface area contributed by atoms with Crippen LogP contribution in [0.15, 0.2) is 47.3 Å². The molecule has 0 radical (unpaired) electrons. The van der Waals surface area contributed by atoms with Crippen molar-refractivity contribution in [3.63, 3.8) is 0 Å². The van der Waals surface area contributed by atoms with E-state index in [-0.39, 0.29) is 24.7 Å². The van der Waals surface area contributed by atoms with E-state index in [0.29, 0.717) is 16.7 Å². The van der Waals surface area contributed by atoms with Crippen LogP contribution in [0, 0.1) is 6.92 Å². The number of amides is 1. The van der Waals surface area contributed by atoms with Crippen LogP contribution >= 0.6 is 0 Å². The summed E-state index contributed by atoms with van der Waals surface area (Å²) in [5.41, 5.74) is -1.02. The zero-order valence-corrected chi connectivity index (χ0v) is 16.8. The number of fused-ring (bicyclic) bond motifs is 1. The van der Waals surface area contributed by atoms with Gasteiger partial charge in [0.05, 0.1) is 28.8 Å². The van der Waals surface area contributed by atoms with Crippen LogP contribution in [0.1, 0.15) is 11.4 Å². The highest BCUT2D eigenvalue weighted by atomic mass is 19.4. The van der Waals surface area contributed by atoms with E-state index in [4.69, 9.17) is 9.47 Å². The van der Waals surface area contributed by atoms with Gasteiger partial charge in [-0.25, -0.2) is 4.98 Å². The molecule has 2 aromatic carbocycles. The van der Waals surface area contributed by atoms with Crippen molar-refractivity contribution >= 4 is 22.5 Å². The molecule has 0 spiro atoms. The van der Waals surface area contributed by atoms with Gasteiger partial charge in [0.1, 0.15) is 24.7 Å². The maximum absolute atomic E-state index is 13.1. The molecule has 1 amide bonds. The second-order valence-electron chi connectivity index (χ2n) is 6.67. The zero-order chi connectivity index (χ0) is 22.6. The standard InChI is InChI=1S/C21H20F3N3O4/c1-13-25-16-6-4-3-5-15(16)20(29)27(13)12-19(28)26-17-11-14(21(22,23)24)7-8-18(17)31-10-9-30-2/h3-8,11H,9-10,12H2,1-2H3,(H,26,28). The second kappa shape index (κ2) is 9.17. The number of alkyl halides is 3. The number of carbonyl (C=O) groups is 1. The lowest BCUT2D eigenvalue weighted by molar-refractivity contribution is -0.137. The third kappa shape index (κ3) is 5.21. The van der Waals surface area contributed by atoms with Gasteiger partial charge >= 0.3 is 6.18 Å². The highest BCUT2D eigenvalue weighted by Gasteiger charge is 2.31. The van der Waals surface area contributed by atoms with Crippen molar-refractivity contribution in [3.8, 4) is 5.75 Å². The van der Waals surface area contributed by atoms with E-state index >= 15 is 0 Å². The Kier molecular flexibility index (Phi) is 6.59. The van der Waals surface area contributed by atoms with Gasteiger partial charge in [-0.15, -0.1) is 0 Å². The zero-order valence-electron chi connectivity index (χ0n) is 16.8. The number of benzene rings is 2. The van der Waals surface area contributed by atoms with Gasteiger partial charge in [-0.1, -0.05) is 12.1 Å². The lowest BCUT2D eigenvalue weighted by Gasteiger charge is -2.16. The van der Waals surface area contributed by atoms with Crippen molar-refractivity contribution in [2.75, 3.05) is 25.6 Å². The van der Waals surface area contributed by atoms with E-state index in [1.54, 1.807) is 31.2 Å². The number of aromatic nitrogens is 2. The number of hydrogen-bond donors (Lipinski definition) is 1. The van der Waals surface area contributed by atoms with E-state index in [2.05, 4.69) is 10.3 Å². The van der Waals surface area contributed by atoms with Crippen LogP contribution in [0.2, 0.25) is 0 Å². The molecule has 1 N–H and O–H groups in total. The van der Waals surface area contributed by atoms with Gasteiger partial charge in [-0.05, 0) is 37.3 Å². The predicted molar refractivity (Wildman–Crippen MR) is 108 cm³/mol. The number of ether oxygens (including phenoxy) is 2. The minimum Gasteiger partial charge on any atom is -0.489 e. The number of rotatable bonds is 7. The molecule has 164 valence electrons. The van der Waals surface area contributed by atoms with Gasteiger partial charge < -0.3 is 14.8 Å². The van der Waals surface area contributed by atoms with Crippen molar-refractivity contribution in [1.29, 1.82) is 0 Å². The fraction of sp³-hybridized carbons (Fsp3) is 0.286. The van der Waals surface area contributed by atoms with E-state index in [1.165, 1.54) is 7.11 Å². The van der Waals surface area contributed by atoms with Gasteiger partial charge in [0.15, 0.2) is 0 Å². The first kappa shape index (κ1) is 22.3. The Hall–Kier alpha value is -3.40. The summed E-state index contributed by atoms with van der Waals surface area (Å²) in [6.07, 6.45) is -4.60. The Morgan fingerprint density at radius 3 is 2.61 bits per heavy atom. The SMILES string of the molecule is COCCOc1ccc(C(F)(F)F)cc1NC(=O)Cn1c(C)nc2ccccc2c1=O. The van der Waals surface area contributed by atoms with E-state index in [0.717, 1.165) is 22.8 Å². The number of anilines is 1. The first-order valence-corrected chi connectivity index (χ1v) is 9.29. The molecule has 1 aromatic heterocycles. The fourth-order valence-electron chi connectivity index (χ4n) is 2.96. The number of halogens is 3. The van der Waals surface area contributed by atoms with Gasteiger partial charge in [0.2, 0.25) is 5.91 Å². The van der Waals surface area contributed by atoms with Crippen LogP contribution in [0.5, 0.6) is 5.75 Å². The molecular formula is C21H20F3N3O4. The first-order valence-electron chi connectivity index (χ1n) is 9.29. The number of methoxy groups -OCH3 is 1. The fourth-order valence-corrected chi connectivity index (χ4v) is 2.96. The Bertz CT molecular complexity index is 1160. The third-order valence-electron chi connectivity index (χ3n) is 4.48. The summed E-state index contributed by atoms with van der Waals surface area (Å²) in [6.45, 7) is 1.45. The van der Waals surface area contributed by atoms with Gasteiger partial charge in [0, 0.05) is 7.11 Å². The lowest BCUT2D eigenvalue weighted by atomic mass is 10.1. The molecule has 31 heavy (non-hydrogen) atoms. The molecule has 0 fully saturated rings. The number of carbonyl (C=O) groups excluding carboxylic acids is 1. The number of nitrogens with one attached hydrogen (secondary N) is 1. The molecule has 0 unspecified atom stereocenters. The van der Waals surface area contributed by atoms with E-state index < -0.39 is 29.8 Å². The Morgan fingerprint density at radius 1 is 1.16 bits per heavy atom. The molecule has 0 aliphatic rings. The normalized spacial score (nSPS) is 11.5. The summed E-state index contributed by atoms with van der Waals surface area (Å²) < 4.78 is 50.8. The molecule has 1 heterocycles. The summed E-state index contributed by atoms with van der Waals surface area (Å²) in [6, 6.07) is 9.46. The monoisotopic (exact) mass is 435 g/mol. The highest BCUT2D eigenvalue weighted by Crippen LogP contribution is 2.35. The lowest BCUT2D eigenvalue weighted by Crippen LogP contribution is -2.30. The molecule has 0 saturated carbocycles. The number of hydrogen-bond acceptors (Lipinski definition) is 5. The topological polar surface area (TPSA) is 82.4 Å². The second-order valence-corrected chi connectivity index (χ2v) is 6.67. The molecule has 0 aliphatic heterocycles. The Balaban J connectivity index is 1.88. The molecule has 3 rings (SSSR count). The quantitative estimate of drug-likeness (QED) is 0.576. The summed E-state index contributed by atoms with van der Waals surface area (Å²) in [7, 11) is 1.45. The molecular weight excluding hydrogens is 415 g/mol. The van der Waals surface area contributed by atoms with E-state index in [9.17, 15) is 22.8 Å². The number of para-hydroxylation sites is 1. The molecule has 0 aliphatic carbocycles. The molecule has 0 atom stereocenters.